The van der Waals surface area contributed by atoms with Crippen LogP contribution in [0.15, 0.2) is 48.8 Å². The lowest BCUT2D eigenvalue weighted by Crippen LogP contribution is -2.35. The molecule has 24 heavy (non-hydrogen) atoms. The molecule has 2 aromatic rings. The number of hydrogen-bond donors (Lipinski definition) is 2. The summed E-state index contributed by atoms with van der Waals surface area (Å²) in [6.07, 6.45) is 3.40. The quantitative estimate of drug-likeness (QED) is 0.721. The van der Waals surface area contributed by atoms with Crippen molar-refractivity contribution >= 4 is 11.8 Å². The Bertz CT molecular complexity index is 657. The van der Waals surface area contributed by atoms with Gasteiger partial charge in [0.05, 0.1) is 18.6 Å². The van der Waals surface area contributed by atoms with E-state index in [2.05, 4.69) is 15.6 Å². The normalized spacial score (nSPS) is 10.0. The lowest BCUT2D eigenvalue weighted by Gasteiger charge is -2.08. The SMILES string of the molecule is CCOc1ccc(CC(=O)NCCNC(=O)c2cccnc2)cc1. The van der Waals surface area contributed by atoms with Gasteiger partial charge >= 0.3 is 0 Å². The fourth-order valence-corrected chi connectivity index (χ4v) is 2.10. The third-order valence-electron chi connectivity index (χ3n) is 3.26. The van der Waals surface area contributed by atoms with Gasteiger partial charge in [0.1, 0.15) is 5.75 Å². The summed E-state index contributed by atoms with van der Waals surface area (Å²) in [7, 11) is 0. The van der Waals surface area contributed by atoms with Crippen molar-refractivity contribution in [1.29, 1.82) is 0 Å². The van der Waals surface area contributed by atoms with Crippen molar-refractivity contribution in [2.75, 3.05) is 19.7 Å². The van der Waals surface area contributed by atoms with E-state index in [0.29, 0.717) is 31.7 Å². The number of nitrogens with one attached hydrogen (secondary N) is 2. The standard InChI is InChI=1S/C18H21N3O3/c1-2-24-16-7-5-14(6-8-16)12-17(22)20-10-11-21-18(23)15-4-3-9-19-13-15/h3-9,13H,2,10-12H2,1H3,(H,20,22)(H,21,23). The number of carbonyl (C=O) groups is 2. The van der Waals surface area contributed by atoms with Crippen LogP contribution >= 0.6 is 0 Å². The van der Waals surface area contributed by atoms with E-state index in [1.54, 1.807) is 18.3 Å². The Morgan fingerprint density at radius 3 is 2.50 bits per heavy atom. The lowest BCUT2D eigenvalue weighted by molar-refractivity contribution is -0.120. The molecule has 6 nitrogen and oxygen atoms in total. The van der Waals surface area contributed by atoms with E-state index in [4.69, 9.17) is 4.74 Å². The fraction of sp³-hybridized carbons (Fsp3) is 0.278. The van der Waals surface area contributed by atoms with Crippen LogP contribution < -0.4 is 15.4 Å². The van der Waals surface area contributed by atoms with Gasteiger partial charge in [0.2, 0.25) is 5.91 Å². The van der Waals surface area contributed by atoms with Crippen LogP contribution in [-0.2, 0) is 11.2 Å². The van der Waals surface area contributed by atoms with Crippen molar-refractivity contribution in [3.05, 3.63) is 59.9 Å². The van der Waals surface area contributed by atoms with Crippen LogP contribution in [0.4, 0.5) is 0 Å². The fourth-order valence-electron chi connectivity index (χ4n) is 2.10. The predicted octanol–water partition coefficient (Wildman–Crippen LogP) is 1.57. The van der Waals surface area contributed by atoms with E-state index in [1.165, 1.54) is 6.20 Å². The Morgan fingerprint density at radius 1 is 1.08 bits per heavy atom. The monoisotopic (exact) mass is 327 g/mol. The summed E-state index contributed by atoms with van der Waals surface area (Å²) < 4.78 is 5.36. The maximum atomic E-state index is 11.9. The van der Waals surface area contributed by atoms with Crippen LogP contribution in [0, 0.1) is 0 Å². The first-order valence-corrected chi connectivity index (χ1v) is 7.85. The molecule has 1 aromatic heterocycles. The first-order valence-electron chi connectivity index (χ1n) is 7.85. The summed E-state index contributed by atoms with van der Waals surface area (Å²) in [5.41, 5.74) is 1.41. The second-order valence-corrected chi connectivity index (χ2v) is 5.10. The zero-order chi connectivity index (χ0) is 17.2. The summed E-state index contributed by atoms with van der Waals surface area (Å²) in [6, 6.07) is 10.8. The molecule has 2 N–H and O–H groups in total. The number of benzene rings is 1. The Labute approximate surface area is 141 Å². The van der Waals surface area contributed by atoms with Crippen molar-refractivity contribution < 1.29 is 14.3 Å². The number of ether oxygens (including phenoxy) is 1. The van der Waals surface area contributed by atoms with Gasteiger partial charge < -0.3 is 15.4 Å². The molecule has 0 aliphatic heterocycles. The van der Waals surface area contributed by atoms with Gasteiger partial charge in [-0.25, -0.2) is 0 Å². The van der Waals surface area contributed by atoms with Crippen LogP contribution in [0.3, 0.4) is 0 Å². The predicted molar refractivity (Wildman–Crippen MR) is 90.9 cm³/mol. The number of carbonyl (C=O) groups excluding carboxylic acids is 2. The molecule has 0 aliphatic rings. The second-order valence-electron chi connectivity index (χ2n) is 5.10. The minimum Gasteiger partial charge on any atom is -0.494 e. The second kappa shape index (κ2) is 9.29. The van der Waals surface area contributed by atoms with E-state index in [9.17, 15) is 9.59 Å². The Morgan fingerprint density at radius 2 is 1.83 bits per heavy atom. The number of amides is 2. The number of nitrogens with zero attached hydrogens (tertiary/aromatic N) is 1. The molecular formula is C18H21N3O3. The van der Waals surface area contributed by atoms with Gasteiger partial charge in [0, 0.05) is 25.5 Å². The molecule has 0 spiro atoms. The number of hydrogen-bond acceptors (Lipinski definition) is 4. The van der Waals surface area contributed by atoms with Crippen LogP contribution in [0.1, 0.15) is 22.8 Å². The highest BCUT2D eigenvalue weighted by atomic mass is 16.5. The minimum atomic E-state index is -0.205. The Kier molecular flexibility index (Phi) is 6.76. The molecule has 1 heterocycles. The van der Waals surface area contributed by atoms with Crippen molar-refractivity contribution in [3.63, 3.8) is 0 Å². The molecule has 0 bridgehead atoms. The zero-order valence-corrected chi connectivity index (χ0v) is 13.6. The van der Waals surface area contributed by atoms with Crippen LogP contribution in [0.2, 0.25) is 0 Å². The number of pyridine rings is 1. The van der Waals surface area contributed by atoms with Crippen LogP contribution in [0.5, 0.6) is 5.75 Å². The molecule has 2 amide bonds. The topological polar surface area (TPSA) is 80.3 Å². The maximum absolute atomic E-state index is 11.9. The van der Waals surface area contributed by atoms with E-state index < -0.39 is 0 Å². The smallest absolute Gasteiger partial charge is 0.252 e. The lowest BCUT2D eigenvalue weighted by atomic mass is 10.1. The van der Waals surface area contributed by atoms with Gasteiger partial charge in [-0.15, -0.1) is 0 Å². The summed E-state index contributed by atoms with van der Waals surface area (Å²) in [6.45, 7) is 3.28. The minimum absolute atomic E-state index is 0.0882. The molecular weight excluding hydrogens is 306 g/mol. The highest BCUT2D eigenvalue weighted by Gasteiger charge is 2.06. The van der Waals surface area contributed by atoms with Crippen molar-refractivity contribution in [3.8, 4) is 5.75 Å². The first kappa shape index (κ1) is 17.5. The molecule has 0 unspecified atom stereocenters. The van der Waals surface area contributed by atoms with Gasteiger partial charge in [0.25, 0.3) is 5.91 Å². The number of rotatable bonds is 8. The summed E-state index contributed by atoms with van der Waals surface area (Å²) in [5, 5.41) is 5.51. The van der Waals surface area contributed by atoms with Gasteiger partial charge in [-0.2, -0.15) is 0 Å². The third-order valence-corrected chi connectivity index (χ3v) is 3.26. The molecule has 0 atom stereocenters. The largest absolute Gasteiger partial charge is 0.494 e. The summed E-state index contributed by atoms with van der Waals surface area (Å²) in [5.74, 6) is 0.499. The zero-order valence-electron chi connectivity index (χ0n) is 13.6. The average Bonchev–Trinajstić information content (AvgIpc) is 2.61. The average molecular weight is 327 g/mol. The van der Waals surface area contributed by atoms with Crippen molar-refractivity contribution in [2.24, 2.45) is 0 Å². The molecule has 2 rings (SSSR count). The highest BCUT2D eigenvalue weighted by molar-refractivity contribution is 5.93. The molecule has 0 saturated carbocycles. The van der Waals surface area contributed by atoms with E-state index >= 15 is 0 Å². The van der Waals surface area contributed by atoms with E-state index in [-0.39, 0.29) is 11.8 Å². The van der Waals surface area contributed by atoms with Crippen molar-refractivity contribution in [1.82, 2.24) is 15.6 Å². The molecule has 0 radical (unpaired) electrons. The van der Waals surface area contributed by atoms with E-state index in [0.717, 1.165) is 11.3 Å². The highest BCUT2D eigenvalue weighted by Crippen LogP contribution is 2.12. The Hall–Kier alpha value is -2.89. The summed E-state index contributed by atoms with van der Waals surface area (Å²) in [4.78, 5) is 27.5. The molecule has 1 aromatic carbocycles. The maximum Gasteiger partial charge on any atom is 0.252 e. The van der Waals surface area contributed by atoms with Crippen molar-refractivity contribution in [2.45, 2.75) is 13.3 Å². The Balaban J connectivity index is 1.67. The van der Waals surface area contributed by atoms with Gasteiger partial charge in [-0.1, -0.05) is 12.1 Å². The van der Waals surface area contributed by atoms with Crippen LogP contribution in [-0.4, -0.2) is 36.5 Å². The summed E-state index contributed by atoms with van der Waals surface area (Å²) >= 11 is 0. The molecule has 6 heteroatoms. The van der Waals surface area contributed by atoms with E-state index in [1.807, 2.05) is 31.2 Å². The molecule has 0 fully saturated rings. The van der Waals surface area contributed by atoms with Gasteiger partial charge in [-0.05, 0) is 36.8 Å². The molecule has 126 valence electrons. The van der Waals surface area contributed by atoms with Crippen LogP contribution in [0.25, 0.3) is 0 Å². The van der Waals surface area contributed by atoms with Gasteiger partial charge in [-0.3, -0.25) is 14.6 Å². The third kappa shape index (κ3) is 5.72. The van der Waals surface area contributed by atoms with Gasteiger partial charge in [0.15, 0.2) is 0 Å². The molecule has 0 aliphatic carbocycles. The molecule has 0 saturated heterocycles. The first-order chi connectivity index (χ1) is 11.7. The number of aromatic nitrogens is 1.